The maximum atomic E-state index is 11.9. The number of nitrogen functional groups attached to an aromatic ring is 1. The molecule has 0 saturated heterocycles. The van der Waals surface area contributed by atoms with Crippen molar-refractivity contribution in [2.24, 2.45) is 7.05 Å². The molecule has 8 heteroatoms. The van der Waals surface area contributed by atoms with Gasteiger partial charge < -0.3 is 16.0 Å². The van der Waals surface area contributed by atoms with Crippen molar-refractivity contribution < 1.29 is 4.79 Å². The highest BCUT2D eigenvalue weighted by molar-refractivity contribution is 5.76. The van der Waals surface area contributed by atoms with Gasteiger partial charge in [-0.05, 0) is 25.8 Å². The van der Waals surface area contributed by atoms with Crippen LogP contribution in [0.2, 0.25) is 0 Å². The summed E-state index contributed by atoms with van der Waals surface area (Å²) in [5, 5.41) is 7.16. The third-order valence-corrected chi connectivity index (χ3v) is 3.76. The van der Waals surface area contributed by atoms with Gasteiger partial charge in [-0.2, -0.15) is 5.10 Å². The van der Waals surface area contributed by atoms with Crippen LogP contribution in [0.4, 0.5) is 5.82 Å². The van der Waals surface area contributed by atoms with Crippen LogP contribution in [-0.4, -0.2) is 32.2 Å². The summed E-state index contributed by atoms with van der Waals surface area (Å²) >= 11 is 0. The van der Waals surface area contributed by atoms with Gasteiger partial charge in [-0.1, -0.05) is 0 Å². The van der Waals surface area contributed by atoms with E-state index in [2.05, 4.69) is 20.4 Å². The Morgan fingerprint density at radius 3 is 2.74 bits per heavy atom. The Kier molecular flexibility index (Phi) is 5.15. The highest BCUT2D eigenvalue weighted by atomic mass is 16.1. The molecule has 0 aliphatic heterocycles. The molecular formula is C15H22N6O2. The number of nitrogens with zero attached hydrogens (tertiary/aromatic N) is 3. The fraction of sp³-hybridized carbons (Fsp3) is 0.467. The number of carbonyl (C=O) groups is 1. The summed E-state index contributed by atoms with van der Waals surface area (Å²) in [6, 6.07) is 1.22. The normalized spacial score (nSPS) is 10.7. The Morgan fingerprint density at radius 2 is 2.13 bits per heavy atom. The highest BCUT2D eigenvalue weighted by Gasteiger charge is 2.11. The third-order valence-electron chi connectivity index (χ3n) is 3.76. The molecule has 2 heterocycles. The molecule has 4 N–H and O–H groups in total. The molecule has 0 bridgehead atoms. The summed E-state index contributed by atoms with van der Waals surface area (Å²) in [5.74, 6) is 0.603. The number of H-pyrrole nitrogens is 1. The van der Waals surface area contributed by atoms with Crippen LogP contribution in [0, 0.1) is 13.8 Å². The molecule has 23 heavy (non-hydrogen) atoms. The molecule has 0 aromatic carbocycles. The molecule has 2 aromatic heterocycles. The number of nitrogens with two attached hydrogens (primary N) is 1. The molecule has 0 aliphatic rings. The van der Waals surface area contributed by atoms with Crippen LogP contribution in [0.25, 0.3) is 0 Å². The van der Waals surface area contributed by atoms with Gasteiger partial charge in [-0.25, -0.2) is 4.98 Å². The zero-order chi connectivity index (χ0) is 17.0. The quantitative estimate of drug-likeness (QED) is 0.692. The zero-order valence-corrected chi connectivity index (χ0v) is 13.6. The van der Waals surface area contributed by atoms with E-state index in [1.54, 1.807) is 0 Å². The maximum Gasteiger partial charge on any atom is 0.252 e. The largest absolute Gasteiger partial charge is 0.383 e. The van der Waals surface area contributed by atoms with Crippen LogP contribution >= 0.6 is 0 Å². The minimum atomic E-state index is -0.290. The fourth-order valence-corrected chi connectivity index (χ4v) is 2.47. The van der Waals surface area contributed by atoms with E-state index < -0.39 is 0 Å². The Bertz CT molecular complexity index is 762. The number of hydrogen-bond acceptors (Lipinski definition) is 5. The summed E-state index contributed by atoms with van der Waals surface area (Å²) in [6.45, 7) is 4.34. The molecule has 0 saturated carbocycles. The predicted molar refractivity (Wildman–Crippen MR) is 87.0 cm³/mol. The van der Waals surface area contributed by atoms with Gasteiger partial charge in [0.15, 0.2) is 0 Å². The number of rotatable bonds is 6. The highest BCUT2D eigenvalue weighted by Crippen LogP contribution is 2.13. The maximum absolute atomic E-state index is 11.9. The molecule has 1 amide bonds. The molecule has 124 valence electrons. The second-order valence-corrected chi connectivity index (χ2v) is 5.49. The second-order valence-electron chi connectivity index (χ2n) is 5.49. The summed E-state index contributed by atoms with van der Waals surface area (Å²) in [7, 11) is 1.89. The number of anilines is 1. The Balaban J connectivity index is 1.80. The Morgan fingerprint density at radius 1 is 1.39 bits per heavy atom. The van der Waals surface area contributed by atoms with Crippen molar-refractivity contribution in [2.45, 2.75) is 33.1 Å². The molecule has 2 aromatic rings. The molecule has 0 unspecified atom stereocenters. The van der Waals surface area contributed by atoms with Crippen molar-refractivity contribution >= 4 is 11.7 Å². The van der Waals surface area contributed by atoms with Crippen molar-refractivity contribution in [2.75, 3.05) is 12.3 Å². The van der Waals surface area contributed by atoms with Gasteiger partial charge in [0, 0.05) is 38.2 Å². The van der Waals surface area contributed by atoms with E-state index in [0.717, 1.165) is 17.0 Å². The second kappa shape index (κ2) is 7.08. The van der Waals surface area contributed by atoms with Crippen LogP contribution in [-0.2, 0) is 24.7 Å². The minimum absolute atomic E-state index is 0.0427. The Labute approximate surface area is 134 Å². The lowest BCUT2D eigenvalue weighted by Gasteiger charge is -2.06. The fourth-order valence-electron chi connectivity index (χ4n) is 2.47. The van der Waals surface area contributed by atoms with Crippen molar-refractivity contribution in [1.29, 1.82) is 0 Å². The van der Waals surface area contributed by atoms with Gasteiger partial charge in [-0.15, -0.1) is 0 Å². The lowest BCUT2D eigenvalue weighted by molar-refractivity contribution is -0.121. The molecule has 0 atom stereocenters. The number of aromatic nitrogens is 4. The van der Waals surface area contributed by atoms with Gasteiger partial charge in [0.2, 0.25) is 5.91 Å². The van der Waals surface area contributed by atoms with E-state index in [-0.39, 0.29) is 17.3 Å². The van der Waals surface area contributed by atoms with E-state index in [4.69, 9.17) is 5.73 Å². The van der Waals surface area contributed by atoms with Crippen LogP contribution in [0.3, 0.4) is 0 Å². The van der Waals surface area contributed by atoms with Gasteiger partial charge in [-0.3, -0.25) is 14.3 Å². The van der Waals surface area contributed by atoms with E-state index >= 15 is 0 Å². The van der Waals surface area contributed by atoms with E-state index in [1.807, 2.05) is 25.6 Å². The van der Waals surface area contributed by atoms with Gasteiger partial charge >= 0.3 is 0 Å². The first-order chi connectivity index (χ1) is 10.9. The van der Waals surface area contributed by atoms with Crippen molar-refractivity contribution in [3.63, 3.8) is 0 Å². The number of hydrogen-bond donors (Lipinski definition) is 3. The first-order valence-corrected chi connectivity index (χ1v) is 7.48. The molecule has 0 radical (unpaired) electrons. The first-order valence-electron chi connectivity index (χ1n) is 7.48. The predicted octanol–water partition coefficient (Wildman–Crippen LogP) is -0.00606. The molecule has 0 fully saturated rings. The number of aromatic amines is 1. The SMILES string of the molecule is Cc1nn(C)c(C)c1CCC(=O)NCCc1nc(N)cc(=O)[nH]1. The van der Waals surface area contributed by atoms with Crippen molar-refractivity contribution in [1.82, 2.24) is 25.1 Å². The van der Waals surface area contributed by atoms with Crippen LogP contribution in [0.15, 0.2) is 10.9 Å². The monoisotopic (exact) mass is 318 g/mol. The average molecular weight is 318 g/mol. The summed E-state index contributed by atoms with van der Waals surface area (Å²) in [5.41, 5.74) is 8.37. The third kappa shape index (κ3) is 4.41. The van der Waals surface area contributed by atoms with Gasteiger partial charge in [0.25, 0.3) is 5.56 Å². The Hall–Kier alpha value is -2.64. The lowest BCUT2D eigenvalue weighted by Crippen LogP contribution is -2.27. The van der Waals surface area contributed by atoms with Crippen LogP contribution in [0.5, 0.6) is 0 Å². The van der Waals surface area contributed by atoms with Gasteiger partial charge in [0.1, 0.15) is 11.6 Å². The first kappa shape index (κ1) is 16.7. The molecule has 8 nitrogen and oxygen atoms in total. The summed E-state index contributed by atoms with van der Waals surface area (Å²) < 4.78 is 1.82. The number of aryl methyl sites for hydroxylation is 2. The van der Waals surface area contributed by atoms with Gasteiger partial charge in [0.05, 0.1) is 5.69 Å². The molecular weight excluding hydrogens is 296 g/mol. The molecule has 0 aliphatic carbocycles. The topological polar surface area (TPSA) is 119 Å². The molecule has 2 rings (SSSR count). The van der Waals surface area contributed by atoms with Crippen molar-refractivity contribution in [3.05, 3.63) is 39.2 Å². The summed E-state index contributed by atoms with van der Waals surface area (Å²) in [6.07, 6.45) is 1.48. The lowest BCUT2D eigenvalue weighted by atomic mass is 10.1. The van der Waals surface area contributed by atoms with E-state index in [0.29, 0.717) is 31.6 Å². The van der Waals surface area contributed by atoms with Crippen LogP contribution in [0.1, 0.15) is 29.2 Å². The van der Waals surface area contributed by atoms with Crippen LogP contribution < -0.4 is 16.6 Å². The minimum Gasteiger partial charge on any atom is -0.383 e. The smallest absolute Gasteiger partial charge is 0.252 e. The number of carbonyl (C=O) groups excluding carboxylic acids is 1. The number of nitrogens with one attached hydrogen (secondary N) is 2. The summed E-state index contributed by atoms with van der Waals surface area (Å²) in [4.78, 5) is 29.8. The zero-order valence-electron chi connectivity index (χ0n) is 13.6. The number of amides is 1. The van der Waals surface area contributed by atoms with Crippen molar-refractivity contribution in [3.8, 4) is 0 Å². The standard InChI is InChI=1S/C15H22N6O2/c1-9-11(10(2)21(3)20-9)4-5-14(22)17-7-6-13-18-12(16)8-15(23)19-13/h8H,4-7H2,1-3H3,(H,17,22)(H3,16,18,19,23). The molecule has 0 spiro atoms. The van der Waals surface area contributed by atoms with E-state index in [1.165, 1.54) is 6.07 Å². The van der Waals surface area contributed by atoms with E-state index in [9.17, 15) is 9.59 Å². The average Bonchev–Trinajstić information content (AvgIpc) is 2.69.